The van der Waals surface area contributed by atoms with Gasteiger partial charge in [-0.05, 0) is 56.4 Å². The lowest BCUT2D eigenvalue weighted by molar-refractivity contribution is -0.137. The number of aliphatic hydroxyl groups is 1. The van der Waals surface area contributed by atoms with Crippen LogP contribution in [0.5, 0.6) is 5.75 Å². The number of benzene rings is 2. The summed E-state index contributed by atoms with van der Waals surface area (Å²) in [5.41, 5.74) is 6.53. The molecule has 3 aromatic rings. The summed E-state index contributed by atoms with van der Waals surface area (Å²) >= 11 is 0. The lowest BCUT2D eigenvalue weighted by Crippen LogP contribution is -2.62. The van der Waals surface area contributed by atoms with E-state index >= 15 is 0 Å². The zero-order valence-corrected chi connectivity index (χ0v) is 29.2. The van der Waals surface area contributed by atoms with Crippen molar-refractivity contribution in [1.82, 2.24) is 14.4 Å². The maximum Gasteiger partial charge on any atom is 0.335 e. The minimum atomic E-state index is -0.680. The molecular weight excluding hydrogens is 628 g/mol. The van der Waals surface area contributed by atoms with Gasteiger partial charge in [0, 0.05) is 82.7 Å². The van der Waals surface area contributed by atoms with E-state index in [4.69, 9.17) is 9.47 Å². The third-order valence-corrected chi connectivity index (χ3v) is 13.9. The fraction of sp³-hybridized carbons (Fsp3) is 0.463. The molecule has 1 aliphatic carbocycles. The third-order valence-electron chi connectivity index (χ3n) is 13.9. The first-order valence-corrected chi connectivity index (χ1v) is 18.2. The van der Waals surface area contributed by atoms with E-state index < -0.39 is 16.9 Å². The Morgan fingerprint density at radius 3 is 2.70 bits per heavy atom. The number of aliphatic hydroxyl groups excluding tert-OH is 1. The number of hydrogen-bond acceptors (Lipinski definition) is 8. The second-order valence-corrected chi connectivity index (χ2v) is 15.7. The Morgan fingerprint density at radius 1 is 1.12 bits per heavy atom. The summed E-state index contributed by atoms with van der Waals surface area (Å²) in [4.78, 5) is 32.8. The van der Waals surface area contributed by atoms with Crippen molar-refractivity contribution >= 4 is 22.6 Å². The van der Waals surface area contributed by atoms with Gasteiger partial charge in [-0.15, -0.1) is 0 Å². The maximum atomic E-state index is 14.2. The molecule has 258 valence electrons. The molecule has 1 unspecified atom stereocenters. The first kappa shape index (κ1) is 30.6. The molecule has 7 heterocycles. The summed E-state index contributed by atoms with van der Waals surface area (Å²) < 4.78 is 14.2. The summed E-state index contributed by atoms with van der Waals surface area (Å²) in [7, 11) is 3.18. The van der Waals surface area contributed by atoms with Crippen molar-refractivity contribution in [1.29, 1.82) is 0 Å². The highest BCUT2D eigenvalue weighted by Crippen LogP contribution is 2.66. The monoisotopic (exact) mass is 672 g/mol. The number of nitrogens with zero attached hydrogens (tertiary/aromatic N) is 3. The van der Waals surface area contributed by atoms with Crippen molar-refractivity contribution in [2.75, 3.05) is 39.2 Å². The molecule has 0 bridgehead atoms. The number of para-hydroxylation sites is 1. The van der Waals surface area contributed by atoms with Gasteiger partial charge < -0.3 is 24.5 Å². The van der Waals surface area contributed by atoms with Crippen molar-refractivity contribution in [3.8, 4) is 5.75 Å². The average molecular weight is 673 g/mol. The molecule has 50 heavy (non-hydrogen) atoms. The second kappa shape index (κ2) is 10.2. The van der Waals surface area contributed by atoms with E-state index in [1.807, 2.05) is 25.1 Å². The summed E-state index contributed by atoms with van der Waals surface area (Å²) in [6.45, 7) is 7.32. The highest BCUT2D eigenvalue weighted by atomic mass is 16.5. The van der Waals surface area contributed by atoms with Crippen LogP contribution in [0.25, 0.3) is 10.9 Å². The molecule has 6 aliphatic heterocycles. The van der Waals surface area contributed by atoms with Crippen molar-refractivity contribution in [3.05, 3.63) is 105 Å². The lowest BCUT2D eigenvalue weighted by atomic mass is 9.54. The van der Waals surface area contributed by atoms with Crippen molar-refractivity contribution in [2.24, 2.45) is 10.8 Å². The number of aromatic nitrogens is 1. The molecule has 7 aliphatic rings. The predicted molar refractivity (Wildman–Crippen MR) is 191 cm³/mol. The zero-order chi connectivity index (χ0) is 34.3. The molecule has 2 N–H and O–H groups in total. The largest absolute Gasteiger partial charge is 0.496 e. The Kier molecular flexibility index (Phi) is 6.25. The summed E-state index contributed by atoms with van der Waals surface area (Å²) in [6, 6.07) is 12.6. The van der Waals surface area contributed by atoms with Gasteiger partial charge in [0.2, 0.25) is 0 Å². The van der Waals surface area contributed by atoms with Gasteiger partial charge in [-0.2, -0.15) is 0 Å². The highest BCUT2D eigenvalue weighted by molar-refractivity contribution is 5.93. The van der Waals surface area contributed by atoms with Crippen LogP contribution < -0.4 is 15.5 Å². The average Bonchev–Trinajstić information content (AvgIpc) is 3.83. The van der Waals surface area contributed by atoms with E-state index in [1.54, 1.807) is 7.11 Å². The Labute approximate surface area is 291 Å². The van der Waals surface area contributed by atoms with E-state index in [0.717, 1.165) is 89.3 Å². The Bertz CT molecular complexity index is 2180. The number of nitrogens with one attached hydrogen (secondary N) is 1. The second-order valence-electron chi connectivity index (χ2n) is 15.7. The number of carbonyl (C=O) groups is 1. The van der Waals surface area contributed by atoms with Gasteiger partial charge >= 0.3 is 5.97 Å². The first-order chi connectivity index (χ1) is 24.2. The molecular formula is C41H44N4O5. The lowest BCUT2D eigenvalue weighted by Gasteiger charge is -2.55. The van der Waals surface area contributed by atoms with Crippen LogP contribution in [-0.4, -0.2) is 71.4 Å². The molecule has 10 rings (SSSR count). The zero-order valence-electron chi connectivity index (χ0n) is 29.2. The van der Waals surface area contributed by atoms with E-state index in [-0.39, 0.29) is 34.9 Å². The minimum Gasteiger partial charge on any atom is -0.496 e. The minimum absolute atomic E-state index is 0.0385. The first-order valence-electron chi connectivity index (χ1n) is 18.2. The van der Waals surface area contributed by atoms with Crippen LogP contribution in [0.3, 0.4) is 0 Å². The molecule has 0 radical (unpaired) electrons. The highest BCUT2D eigenvalue weighted by Gasteiger charge is 2.67. The molecule has 1 saturated heterocycles. The van der Waals surface area contributed by atoms with Gasteiger partial charge in [-0.1, -0.05) is 43.4 Å². The Morgan fingerprint density at radius 2 is 1.92 bits per heavy atom. The number of ether oxygens (including phenoxy) is 2. The Hall–Kier alpha value is -4.18. The quantitative estimate of drug-likeness (QED) is 0.278. The molecule has 1 aromatic heterocycles. The van der Waals surface area contributed by atoms with Crippen LogP contribution in [0.4, 0.5) is 5.69 Å². The smallest absolute Gasteiger partial charge is 0.335 e. The summed E-state index contributed by atoms with van der Waals surface area (Å²) in [5.74, 6) is 0.433. The molecule has 0 amide bonds. The van der Waals surface area contributed by atoms with Crippen molar-refractivity contribution in [2.45, 2.75) is 75.7 Å². The number of pyridine rings is 1. The number of esters is 1. The van der Waals surface area contributed by atoms with Crippen molar-refractivity contribution in [3.63, 3.8) is 0 Å². The summed E-state index contributed by atoms with van der Waals surface area (Å²) in [6.07, 6.45) is 11.4. The van der Waals surface area contributed by atoms with Gasteiger partial charge in [-0.25, -0.2) is 4.79 Å². The van der Waals surface area contributed by atoms with Crippen molar-refractivity contribution < 1.29 is 19.4 Å². The van der Waals surface area contributed by atoms with Gasteiger partial charge in [0.05, 0.1) is 48.9 Å². The van der Waals surface area contributed by atoms with E-state index in [1.165, 1.54) is 7.11 Å². The van der Waals surface area contributed by atoms with Crippen LogP contribution in [0.15, 0.2) is 76.8 Å². The normalized spacial score (nSPS) is 33.5. The number of carbonyl (C=O) groups excluding carboxylic acids is 1. The molecule has 0 saturated carbocycles. The maximum absolute atomic E-state index is 14.2. The topological polar surface area (TPSA) is 96.3 Å². The van der Waals surface area contributed by atoms with Crippen LogP contribution in [-0.2, 0) is 21.5 Å². The third kappa shape index (κ3) is 3.49. The molecule has 1 fully saturated rings. The predicted octanol–water partition coefficient (Wildman–Crippen LogP) is 5.33. The number of hydrogen-bond donors (Lipinski definition) is 2. The number of rotatable bonds is 5. The summed E-state index contributed by atoms with van der Waals surface area (Å²) in [5, 5.41) is 16.1. The van der Waals surface area contributed by atoms with Crippen LogP contribution in [0, 0.1) is 10.8 Å². The van der Waals surface area contributed by atoms with E-state index in [2.05, 4.69) is 69.1 Å². The van der Waals surface area contributed by atoms with E-state index in [9.17, 15) is 14.7 Å². The van der Waals surface area contributed by atoms with E-state index in [0.29, 0.717) is 18.5 Å². The van der Waals surface area contributed by atoms with Crippen LogP contribution in [0.2, 0.25) is 0 Å². The molecule has 9 nitrogen and oxygen atoms in total. The number of methoxy groups -OCH3 is 2. The fourth-order valence-corrected chi connectivity index (χ4v) is 11.9. The standard InChI is InChI=1S/C41H44N4O5/c1-5-39-12-8-16-44-22-27-33(36(39)44)45(30-11-7-6-10-24(30)34(27)47)31(21-39)25-18-28-29(19-32(25)49-3)42-35-26(37(48)50-4)20-40(23(2)46)13-9-15-43-17-14-41(28,35)38(40)43/h6-13,18-19,23,31,36,38,42,46H,5,14-17,20-22H2,1-4H3/t23?,31-,36-,38+,39+,40+,41+/m1/s1. The van der Waals surface area contributed by atoms with Gasteiger partial charge in [0.1, 0.15) is 5.75 Å². The number of fused-ring (bicyclic) bond motifs is 3. The van der Waals surface area contributed by atoms with Gasteiger partial charge in [0.25, 0.3) is 0 Å². The van der Waals surface area contributed by atoms with Gasteiger partial charge in [-0.3, -0.25) is 14.6 Å². The molecule has 9 heteroatoms. The SMILES string of the molecule is CC[C@]12C=CCN3Cc4c(n(c5ccccc5c4=O)[C@@H](c4cc5c(cc4OC)NC4=C(C(=O)OC)C[C@]6(C(C)O)C=CCN7CC[C@@]45[C@@H]76)C1)[C@@H]32. The fourth-order valence-electron chi connectivity index (χ4n) is 11.9. The molecule has 2 aromatic carbocycles. The van der Waals surface area contributed by atoms with Crippen LogP contribution >= 0.6 is 0 Å². The Balaban J connectivity index is 1.26. The molecule has 7 atom stereocenters. The van der Waals surface area contributed by atoms with Crippen LogP contribution in [0.1, 0.15) is 74.0 Å². The molecule has 1 spiro atoms. The number of anilines is 1. The van der Waals surface area contributed by atoms with Gasteiger partial charge in [0.15, 0.2) is 5.43 Å².